The molecule has 0 bridgehead atoms. The number of thiocarbonyl (C=S) groups is 1. The number of hydrogen-bond acceptors (Lipinski definition) is 5. The number of sulfonamides is 1. The average Bonchev–Trinajstić information content (AvgIpc) is 2.69. The van der Waals surface area contributed by atoms with Gasteiger partial charge in [0, 0.05) is 24.5 Å². The first-order valence-corrected chi connectivity index (χ1v) is 10.2. The minimum atomic E-state index is -3.55. The quantitative estimate of drug-likeness (QED) is 0.737. The molecule has 0 saturated carbocycles. The molecule has 1 fully saturated rings. The molecule has 1 aliphatic rings. The number of nitrogens with zero attached hydrogens (tertiary/aromatic N) is 1. The standard InChI is InChI=1S/C18H21N3O4S2/c1-24-16-7-5-14(6-8-16)19-18(26)20-15-3-2-4-17(13-15)27(22,23)21-9-11-25-12-10-21/h2-8,13H,9-12H2,1H3,(H2,19,20,26). The zero-order valence-electron chi connectivity index (χ0n) is 14.8. The summed E-state index contributed by atoms with van der Waals surface area (Å²) in [5, 5.41) is 6.43. The molecule has 7 nitrogen and oxygen atoms in total. The van der Waals surface area contributed by atoms with Crippen molar-refractivity contribution in [2.45, 2.75) is 4.90 Å². The molecule has 0 aliphatic carbocycles. The molecule has 1 saturated heterocycles. The first kappa shape index (κ1) is 19.6. The minimum Gasteiger partial charge on any atom is -0.497 e. The van der Waals surface area contributed by atoms with Crippen LogP contribution in [-0.2, 0) is 14.8 Å². The van der Waals surface area contributed by atoms with Gasteiger partial charge in [0.05, 0.1) is 25.2 Å². The van der Waals surface area contributed by atoms with Crippen LogP contribution in [0.3, 0.4) is 0 Å². The van der Waals surface area contributed by atoms with Crippen LogP contribution in [0.15, 0.2) is 53.4 Å². The second-order valence-corrected chi connectivity index (χ2v) is 8.20. The third-order valence-electron chi connectivity index (χ3n) is 4.05. The van der Waals surface area contributed by atoms with E-state index in [2.05, 4.69) is 10.6 Å². The summed E-state index contributed by atoms with van der Waals surface area (Å²) in [6.45, 7) is 1.54. The van der Waals surface area contributed by atoms with E-state index in [9.17, 15) is 8.42 Å². The van der Waals surface area contributed by atoms with Crippen molar-refractivity contribution in [2.24, 2.45) is 0 Å². The van der Waals surface area contributed by atoms with Crippen LogP contribution in [0.5, 0.6) is 5.75 Å². The van der Waals surface area contributed by atoms with Crippen LogP contribution >= 0.6 is 12.2 Å². The van der Waals surface area contributed by atoms with Crippen molar-refractivity contribution in [3.05, 3.63) is 48.5 Å². The molecule has 0 radical (unpaired) electrons. The Morgan fingerprint density at radius 1 is 1.07 bits per heavy atom. The molecule has 144 valence electrons. The molecular formula is C18H21N3O4S2. The number of benzene rings is 2. The lowest BCUT2D eigenvalue weighted by molar-refractivity contribution is 0.0730. The van der Waals surface area contributed by atoms with Crippen molar-refractivity contribution in [1.82, 2.24) is 4.31 Å². The van der Waals surface area contributed by atoms with Gasteiger partial charge in [-0.2, -0.15) is 4.31 Å². The zero-order valence-corrected chi connectivity index (χ0v) is 16.5. The van der Waals surface area contributed by atoms with Gasteiger partial charge in [-0.05, 0) is 54.7 Å². The molecule has 2 N–H and O–H groups in total. The summed E-state index contributed by atoms with van der Waals surface area (Å²) in [5.74, 6) is 0.750. The molecule has 1 heterocycles. The SMILES string of the molecule is COc1ccc(NC(=S)Nc2cccc(S(=O)(=O)N3CCOCC3)c2)cc1. The summed E-state index contributed by atoms with van der Waals surface area (Å²) in [7, 11) is -1.95. The number of hydrogen-bond donors (Lipinski definition) is 2. The molecule has 0 aromatic heterocycles. The molecule has 0 spiro atoms. The fraction of sp³-hybridized carbons (Fsp3) is 0.278. The van der Waals surface area contributed by atoms with Crippen molar-refractivity contribution in [1.29, 1.82) is 0 Å². The third-order valence-corrected chi connectivity index (χ3v) is 6.15. The van der Waals surface area contributed by atoms with E-state index in [1.807, 2.05) is 24.3 Å². The highest BCUT2D eigenvalue weighted by Gasteiger charge is 2.26. The Bertz CT molecular complexity index is 895. The third kappa shape index (κ3) is 4.95. The van der Waals surface area contributed by atoms with E-state index in [1.165, 1.54) is 4.31 Å². The molecule has 0 atom stereocenters. The van der Waals surface area contributed by atoms with Crippen LogP contribution < -0.4 is 15.4 Å². The number of nitrogens with one attached hydrogen (secondary N) is 2. The Hall–Kier alpha value is -2.20. The van der Waals surface area contributed by atoms with Gasteiger partial charge in [-0.1, -0.05) is 6.07 Å². The molecule has 2 aromatic carbocycles. The maximum absolute atomic E-state index is 12.8. The van der Waals surface area contributed by atoms with Gasteiger partial charge in [-0.15, -0.1) is 0 Å². The van der Waals surface area contributed by atoms with Gasteiger partial charge in [0.1, 0.15) is 5.75 Å². The molecular weight excluding hydrogens is 386 g/mol. The molecule has 27 heavy (non-hydrogen) atoms. The van der Waals surface area contributed by atoms with Crippen LogP contribution in [0, 0.1) is 0 Å². The Kier molecular flexibility index (Phi) is 6.27. The Labute approximate surface area is 164 Å². The van der Waals surface area contributed by atoms with Crippen LogP contribution in [0.4, 0.5) is 11.4 Å². The van der Waals surface area contributed by atoms with Crippen molar-refractivity contribution in [3.63, 3.8) is 0 Å². The maximum Gasteiger partial charge on any atom is 0.243 e. The molecule has 3 rings (SSSR count). The van der Waals surface area contributed by atoms with Crippen LogP contribution in [0.25, 0.3) is 0 Å². The zero-order chi connectivity index (χ0) is 19.3. The normalized spacial score (nSPS) is 15.1. The Balaban J connectivity index is 1.68. The van der Waals surface area contributed by atoms with Crippen LogP contribution in [0.2, 0.25) is 0 Å². The van der Waals surface area contributed by atoms with Gasteiger partial charge >= 0.3 is 0 Å². The lowest BCUT2D eigenvalue weighted by Gasteiger charge is -2.26. The fourth-order valence-corrected chi connectivity index (χ4v) is 4.33. The smallest absolute Gasteiger partial charge is 0.243 e. The van der Waals surface area contributed by atoms with Gasteiger partial charge in [0.15, 0.2) is 5.11 Å². The van der Waals surface area contributed by atoms with E-state index in [0.29, 0.717) is 37.1 Å². The predicted molar refractivity (Wildman–Crippen MR) is 109 cm³/mol. The minimum absolute atomic E-state index is 0.224. The topological polar surface area (TPSA) is 79.9 Å². The highest BCUT2D eigenvalue weighted by atomic mass is 32.2. The molecule has 1 aliphatic heterocycles. The number of anilines is 2. The number of rotatable bonds is 5. The summed E-state index contributed by atoms with van der Waals surface area (Å²) in [5.41, 5.74) is 1.39. The fourth-order valence-electron chi connectivity index (χ4n) is 2.64. The summed E-state index contributed by atoms with van der Waals surface area (Å²) in [4.78, 5) is 0.224. The van der Waals surface area contributed by atoms with E-state index in [-0.39, 0.29) is 4.90 Å². The van der Waals surface area contributed by atoms with Crippen molar-refractivity contribution < 1.29 is 17.9 Å². The Morgan fingerprint density at radius 3 is 2.41 bits per heavy atom. The summed E-state index contributed by atoms with van der Waals surface area (Å²) in [6, 6.07) is 13.9. The predicted octanol–water partition coefficient (Wildman–Crippen LogP) is 2.53. The van der Waals surface area contributed by atoms with Gasteiger partial charge in [0.2, 0.25) is 10.0 Å². The van der Waals surface area contributed by atoms with E-state index in [0.717, 1.165) is 11.4 Å². The number of methoxy groups -OCH3 is 1. The van der Waals surface area contributed by atoms with E-state index in [1.54, 1.807) is 31.4 Å². The summed E-state index contributed by atoms with van der Waals surface area (Å²) < 4.78 is 37.3. The summed E-state index contributed by atoms with van der Waals surface area (Å²) in [6.07, 6.45) is 0. The molecule has 2 aromatic rings. The summed E-state index contributed by atoms with van der Waals surface area (Å²) >= 11 is 5.31. The monoisotopic (exact) mass is 407 g/mol. The first-order chi connectivity index (χ1) is 13.0. The van der Waals surface area contributed by atoms with E-state index < -0.39 is 10.0 Å². The second kappa shape index (κ2) is 8.66. The maximum atomic E-state index is 12.8. The van der Waals surface area contributed by atoms with Gasteiger partial charge in [-0.3, -0.25) is 0 Å². The first-order valence-electron chi connectivity index (χ1n) is 8.39. The highest BCUT2D eigenvalue weighted by Crippen LogP contribution is 2.21. The molecule has 0 unspecified atom stereocenters. The number of morpholine rings is 1. The lowest BCUT2D eigenvalue weighted by atomic mass is 10.3. The van der Waals surface area contributed by atoms with Gasteiger partial charge < -0.3 is 20.1 Å². The van der Waals surface area contributed by atoms with Gasteiger partial charge in [0.25, 0.3) is 0 Å². The van der Waals surface area contributed by atoms with E-state index >= 15 is 0 Å². The molecule has 9 heteroatoms. The van der Waals surface area contributed by atoms with Crippen molar-refractivity contribution in [2.75, 3.05) is 44.0 Å². The van der Waals surface area contributed by atoms with Gasteiger partial charge in [-0.25, -0.2) is 8.42 Å². The largest absolute Gasteiger partial charge is 0.497 e. The number of ether oxygens (including phenoxy) is 2. The van der Waals surface area contributed by atoms with Crippen molar-refractivity contribution in [3.8, 4) is 5.75 Å². The average molecular weight is 408 g/mol. The molecule has 0 amide bonds. The lowest BCUT2D eigenvalue weighted by Crippen LogP contribution is -2.40. The second-order valence-electron chi connectivity index (χ2n) is 5.85. The van der Waals surface area contributed by atoms with Crippen LogP contribution in [-0.4, -0.2) is 51.2 Å². The highest BCUT2D eigenvalue weighted by molar-refractivity contribution is 7.89. The Morgan fingerprint density at radius 2 is 1.74 bits per heavy atom. The van der Waals surface area contributed by atoms with E-state index in [4.69, 9.17) is 21.7 Å². The van der Waals surface area contributed by atoms with Crippen LogP contribution in [0.1, 0.15) is 0 Å². The van der Waals surface area contributed by atoms with Crippen molar-refractivity contribution >= 4 is 38.7 Å².